The van der Waals surface area contributed by atoms with Gasteiger partial charge in [0.25, 0.3) is 5.19 Å². The van der Waals surface area contributed by atoms with Gasteiger partial charge in [0.05, 0.1) is 0 Å². The van der Waals surface area contributed by atoms with Crippen LogP contribution in [0.2, 0.25) is 5.15 Å². The third kappa shape index (κ3) is 2.87. The van der Waals surface area contributed by atoms with Crippen molar-refractivity contribution in [1.29, 1.82) is 0 Å². The Morgan fingerprint density at radius 3 is 2.89 bits per heavy atom. The third-order valence-electron chi connectivity index (χ3n) is 2.25. The van der Waals surface area contributed by atoms with Gasteiger partial charge in [0.1, 0.15) is 10.6 Å². The minimum absolute atomic E-state index is 0.0403. The predicted molar refractivity (Wildman–Crippen MR) is 69.8 cm³/mol. The molecule has 0 bridgehead atoms. The highest BCUT2D eigenvalue weighted by Gasteiger charge is 2.11. The van der Waals surface area contributed by atoms with Gasteiger partial charge < -0.3 is 9.84 Å². The Morgan fingerprint density at radius 2 is 2.22 bits per heavy atom. The molecule has 0 atom stereocenters. The molecule has 1 aromatic carbocycles. The molecule has 0 aliphatic carbocycles. The van der Waals surface area contributed by atoms with Crippen LogP contribution in [0.15, 0.2) is 24.3 Å². The van der Waals surface area contributed by atoms with Gasteiger partial charge >= 0.3 is 0 Å². The van der Waals surface area contributed by atoms with E-state index in [1.165, 1.54) is 0 Å². The summed E-state index contributed by atoms with van der Waals surface area (Å²) in [5, 5.41) is 9.42. The molecular formula is C12H10ClNO3S. The van der Waals surface area contributed by atoms with Crippen molar-refractivity contribution in [3.8, 4) is 10.9 Å². The van der Waals surface area contributed by atoms with Gasteiger partial charge in [-0.3, -0.25) is 4.79 Å². The van der Waals surface area contributed by atoms with Gasteiger partial charge in [0, 0.05) is 6.61 Å². The van der Waals surface area contributed by atoms with Crippen LogP contribution in [-0.4, -0.2) is 23.0 Å². The van der Waals surface area contributed by atoms with E-state index in [1.54, 1.807) is 6.07 Å². The number of para-hydroxylation sites is 1. The summed E-state index contributed by atoms with van der Waals surface area (Å²) in [5.74, 6) is 0.606. The van der Waals surface area contributed by atoms with Crippen molar-refractivity contribution < 1.29 is 14.6 Å². The number of carbonyl (C=O) groups is 1. The Bertz CT molecular complexity index is 556. The fraction of sp³-hybridized carbons (Fsp3) is 0.167. The van der Waals surface area contributed by atoms with Gasteiger partial charge in [-0.25, -0.2) is 0 Å². The lowest BCUT2D eigenvalue weighted by Gasteiger charge is -2.07. The number of aliphatic hydroxyl groups excluding tert-OH is 1. The molecule has 0 fully saturated rings. The summed E-state index contributed by atoms with van der Waals surface area (Å²) in [7, 11) is 0. The molecule has 0 saturated carbocycles. The zero-order valence-electron chi connectivity index (χ0n) is 9.30. The Labute approximate surface area is 113 Å². The Balaban J connectivity index is 2.24. The fourth-order valence-corrected chi connectivity index (χ4v) is 2.36. The molecule has 0 amide bonds. The maximum atomic E-state index is 10.7. The standard InChI is InChI=1S/C12H10ClNO3S/c13-11-10(7-16)18-12(14-11)17-9-4-2-1-3-8(9)5-6-15/h1-4,7,15H,5-6H2. The second-order valence-electron chi connectivity index (χ2n) is 3.44. The first kappa shape index (κ1) is 13.0. The first-order valence-corrected chi connectivity index (χ1v) is 6.42. The first-order chi connectivity index (χ1) is 8.74. The summed E-state index contributed by atoms with van der Waals surface area (Å²) in [5.41, 5.74) is 0.874. The van der Waals surface area contributed by atoms with Crippen LogP contribution in [-0.2, 0) is 6.42 Å². The quantitative estimate of drug-likeness (QED) is 0.857. The minimum atomic E-state index is 0.0403. The Kier molecular flexibility index (Phi) is 4.30. The number of benzene rings is 1. The molecule has 1 heterocycles. The molecule has 6 heteroatoms. The summed E-state index contributed by atoms with van der Waals surface area (Å²) < 4.78 is 5.58. The maximum Gasteiger partial charge on any atom is 0.280 e. The normalized spacial score (nSPS) is 10.3. The summed E-state index contributed by atoms with van der Waals surface area (Å²) in [4.78, 5) is 14.9. The number of halogens is 1. The monoisotopic (exact) mass is 283 g/mol. The smallest absolute Gasteiger partial charge is 0.280 e. The number of hydrogen-bond donors (Lipinski definition) is 1. The Morgan fingerprint density at radius 1 is 1.44 bits per heavy atom. The lowest BCUT2D eigenvalue weighted by molar-refractivity contribution is 0.112. The number of aromatic nitrogens is 1. The van der Waals surface area contributed by atoms with Crippen molar-refractivity contribution >= 4 is 29.2 Å². The van der Waals surface area contributed by atoms with Gasteiger partial charge in [-0.2, -0.15) is 4.98 Å². The SMILES string of the molecule is O=Cc1sc(Oc2ccccc2CCO)nc1Cl. The molecule has 0 saturated heterocycles. The summed E-state index contributed by atoms with van der Waals surface area (Å²) in [6, 6.07) is 7.33. The molecule has 1 aromatic heterocycles. The van der Waals surface area contributed by atoms with Crippen LogP contribution >= 0.6 is 22.9 Å². The van der Waals surface area contributed by atoms with E-state index in [-0.39, 0.29) is 11.8 Å². The predicted octanol–water partition coefficient (Wildman–Crippen LogP) is 2.94. The van der Waals surface area contributed by atoms with Crippen molar-refractivity contribution in [2.75, 3.05) is 6.61 Å². The molecule has 4 nitrogen and oxygen atoms in total. The highest BCUT2D eigenvalue weighted by molar-refractivity contribution is 7.15. The van der Waals surface area contributed by atoms with Crippen LogP contribution in [0, 0.1) is 0 Å². The molecule has 18 heavy (non-hydrogen) atoms. The summed E-state index contributed by atoms with van der Waals surface area (Å²) in [6.07, 6.45) is 1.14. The zero-order valence-corrected chi connectivity index (χ0v) is 10.9. The van der Waals surface area contributed by atoms with Gasteiger partial charge in [-0.15, -0.1) is 0 Å². The van der Waals surface area contributed by atoms with E-state index in [4.69, 9.17) is 21.4 Å². The van der Waals surface area contributed by atoms with Crippen LogP contribution in [0.25, 0.3) is 0 Å². The maximum absolute atomic E-state index is 10.7. The third-order valence-corrected chi connectivity index (χ3v) is 3.51. The number of nitrogens with zero attached hydrogens (tertiary/aromatic N) is 1. The van der Waals surface area contributed by atoms with Crippen molar-refractivity contribution in [2.24, 2.45) is 0 Å². The number of aldehydes is 1. The number of ether oxygens (including phenoxy) is 1. The molecule has 0 radical (unpaired) electrons. The first-order valence-electron chi connectivity index (χ1n) is 5.22. The molecule has 0 spiro atoms. The van der Waals surface area contributed by atoms with E-state index >= 15 is 0 Å². The Hall–Kier alpha value is -1.43. The zero-order chi connectivity index (χ0) is 13.0. The lowest BCUT2D eigenvalue weighted by Crippen LogP contribution is -1.94. The van der Waals surface area contributed by atoms with Gasteiger partial charge in [0.2, 0.25) is 0 Å². The average molecular weight is 284 g/mol. The molecule has 0 aliphatic heterocycles. The molecule has 2 aromatic rings. The van der Waals surface area contributed by atoms with Crippen molar-refractivity contribution in [2.45, 2.75) is 6.42 Å². The second kappa shape index (κ2) is 5.95. The molecule has 2 rings (SSSR count). The van der Waals surface area contributed by atoms with Gasteiger partial charge in [0.15, 0.2) is 11.4 Å². The van der Waals surface area contributed by atoms with Crippen LogP contribution in [0.5, 0.6) is 10.9 Å². The lowest BCUT2D eigenvalue weighted by atomic mass is 10.1. The number of carbonyl (C=O) groups excluding carboxylic acids is 1. The number of rotatable bonds is 5. The molecule has 0 aliphatic rings. The van der Waals surface area contributed by atoms with E-state index in [2.05, 4.69) is 4.98 Å². The molecule has 1 N–H and O–H groups in total. The van der Waals surface area contributed by atoms with Crippen molar-refractivity contribution in [3.63, 3.8) is 0 Å². The topological polar surface area (TPSA) is 59.4 Å². The van der Waals surface area contributed by atoms with Crippen LogP contribution < -0.4 is 4.74 Å². The summed E-state index contributed by atoms with van der Waals surface area (Å²) in [6.45, 7) is 0.0403. The van der Waals surface area contributed by atoms with E-state index in [0.29, 0.717) is 28.5 Å². The van der Waals surface area contributed by atoms with Crippen LogP contribution in [0.4, 0.5) is 0 Å². The van der Waals surface area contributed by atoms with Crippen molar-refractivity contribution in [1.82, 2.24) is 4.98 Å². The van der Waals surface area contributed by atoms with E-state index in [9.17, 15) is 4.79 Å². The molecular weight excluding hydrogens is 274 g/mol. The second-order valence-corrected chi connectivity index (χ2v) is 4.79. The van der Waals surface area contributed by atoms with Crippen LogP contribution in [0.1, 0.15) is 15.2 Å². The summed E-state index contributed by atoms with van der Waals surface area (Å²) >= 11 is 6.85. The highest BCUT2D eigenvalue weighted by atomic mass is 35.5. The highest BCUT2D eigenvalue weighted by Crippen LogP contribution is 2.32. The van der Waals surface area contributed by atoms with Gasteiger partial charge in [-0.1, -0.05) is 41.1 Å². The number of thiazole rings is 1. The van der Waals surface area contributed by atoms with E-state index < -0.39 is 0 Å². The van der Waals surface area contributed by atoms with E-state index in [0.717, 1.165) is 16.9 Å². The van der Waals surface area contributed by atoms with E-state index in [1.807, 2.05) is 18.2 Å². The minimum Gasteiger partial charge on any atom is -0.431 e. The van der Waals surface area contributed by atoms with Crippen LogP contribution in [0.3, 0.4) is 0 Å². The molecule has 94 valence electrons. The van der Waals surface area contributed by atoms with Gasteiger partial charge in [-0.05, 0) is 18.1 Å². The average Bonchev–Trinajstić information content (AvgIpc) is 2.72. The largest absolute Gasteiger partial charge is 0.431 e. The molecule has 0 unspecified atom stereocenters. The number of hydrogen-bond acceptors (Lipinski definition) is 5. The fourth-order valence-electron chi connectivity index (χ4n) is 1.44. The number of aliphatic hydroxyl groups is 1. The van der Waals surface area contributed by atoms with Crippen molar-refractivity contribution in [3.05, 3.63) is 39.9 Å².